The lowest BCUT2D eigenvalue weighted by molar-refractivity contribution is 0.112. The molecule has 0 aromatic heterocycles. The van der Waals surface area contributed by atoms with Gasteiger partial charge in [0.15, 0.2) is 0 Å². The molecule has 0 saturated heterocycles. The summed E-state index contributed by atoms with van der Waals surface area (Å²) in [7, 11) is 0. The van der Waals surface area contributed by atoms with Crippen LogP contribution in [0.1, 0.15) is 30.6 Å². The number of thioether (sulfide) groups is 1. The van der Waals surface area contributed by atoms with Crippen LogP contribution < -0.4 is 0 Å². The molecule has 1 unspecified atom stereocenters. The Labute approximate surface area is 89.9 Å². The maximum atomic E-state index is 10.4. The van der Waals surface area contributed by atoms with Crippen molar-refractivity contribution in [1.82, 2.24) is 0 Å². The molecule has 1 aromatic carbocycles. The van der Waals surface area contributed by atoms with Gasteiger partial charge in [-0.05, 0) is 18.1 Å². The average Bonchev–Trinajstić information content (AvgIpc) is 2.26. The van der Waals surface area contributed by atoms with E-state index >= 15 is 0 Å². The quantitative estimate of drug-likeness (QED) is 0.543. The lowest BCUT2D eigenvalue weighted by atomic mass is 10.2. The number of benzene rings is 1. The second kappa shape index (κ2) is 5.86. The Kier molecular flexibility index (Phi) is 4.74. The molecule has 1 nitrogen and oxygen atoms in total. The van der Waals surface area contributed by atoms with Crippen molar-refractivity contribution in [2.24, 2.45) is 5.92 Å². The minimum absolute atomic E-state index is 0.748. The van der Waals surface area contributed by atoms with Crippen LogP contribution in [0.3, 0.4) is 0 Å². The summed E-state index contributed by atoms with van der Waals surface area (Å²) < 4.78 is 0. The molecule has 0 N–H and O–H groups in total. The molecule has 0 fully saturated rings. The highest BCUT2D eigenvalue weighted by Crippen LogP contribution is 2.21. The molecule has 0 bridgehead atoms. The summed E-state index contributed by atoms with van der Waals surface area (Å²) in [6.07, 6.45) is 2.10. The maximum absolute atomic E-state index is 10.4. The molecule has 0 aliphatic heterocycles. The average molecular weight is 208 g/mol. The van der Waals surface area contributed by atoms with Crippen molar-refractivity contribution >= 4 is 18.0 Å². The van der Waals surface area contributed by atoms with Gasteiger partial charge in [0.2, 0.25) is 0 Å². The van der Waals surface area contributed by atoms with Crippen LogP contribution in [0, 0.1) is 5.92 Å². The largest absolute Gasteiger partial charge is 0.298 e. The van der Waals surface area contributed by atoms with Gasteiger partial charge in [-0.3, -0.25) is 4.79 Å². The van der Waals surface area contributed by atoms with Crippen molar-refractivity contribution in [2.75, 3.05) is 5.75 Å². The first-order valence-corrected chi connectivity index (χ1v) is 5.93. The van der Waals surface area contributed by atoms with Crippen molar-refractivity contribution in [3.05, 3.63) is 29.8 Å². The molecule has 0 amide bonds. The fourth-order valence-corrected chi connectivity index (χ4v) is 2.04. The molecule has 0 saturated carbocycles. The van der Waals surface area contributed by atoms with Crippen LogP contribution in [0.15, 0.2) is 29.2 Å². The molecular weight excluding hydrogens is 192 g/mol. The van der Waals surface area contributed by atoms with Gasteiger partial charge in [-0.25, -0.2) is 0 Å². The van der Waals surface area contributed by atoms with Gasteiger partial charge in [0, 0.05) is 16.2 Å². The molecule has 76 valence electrons. The minimum atomic E-state index is 0.748. The SMILES string of the molecule is CCC(C)CSc1ccc(C=O)cc1. The van der Waals surface area contributed by atoms with Gasteiger partial charge in [-0.15, -0.1) is 11.8 Å². The Bertz CT molecular complexity index is 279. The van der Waals surface area contributed by atoms with Crippen LogP contribution in [0.5, 0.6) is 0 Å². The van der Waals surface area contributed by atoms with E-state index in [1.54, 1.807) is 0 Å². The zero-order valence-corrected chi connectivity index (χ0v) is 9.51. The summed E-state index contributed by atoms with van der Waals surface area (Å²) in [6.45, 7) is 4.47. The molecule has 14 heavy (non-hydrogen) atoms. The van der Waals surface area contributed by atoms with Crippen LogP contribution >= 0.6 is 11.8 Å². The number of hydrogen-bond donors (Lipinski definition) is 0. The van der Waals surface area contributed by atoms with Crippen LogP contribution in [0.4, 0.5) is 0 Å². The smallest absolute Gasteiger partial charge is 0.150 e. The van der Waals surface area contributed by atoms with Gasteiger partial charge in [0.25, 0.3) is 0 Å². The summed E-state index contributed by atoms with van der Waals surface area (Å²) >= 11 is 1.86. The highest BCUT2D eigenvalue weighted by atomic mass is 32.2. The lowest BCUT2D eigenvalue weighted by Gasteiger charge is -2.07. The highest BCUT2D eigenvalue weighted by molar-refractivity contribution is 7.99. The number of carbonyl (C=O) groups is 1. The summed E-state index contributed by atoms with van der Waals surface area (Å²) in [4.78, 5) is 11.7. The van der Waals surface area contributed by atoms with E-state index in [2.05, 4.69) is 13.8 Å². The number of hydrogen-bond acceptors (Lipinski definition) is 2. The molecule has 0 aliphatic rings. The van der Waals surface area contributed by atoms with Crippen LogP contribution in [0.25, 0.3) is 0 Å². The van der Waals surface area contributed by atoms with Gasteiger partial charge >= 0.3 is 0 Å². The topological polar surface area (TPSA) is 17.1 Å². The number of rotatable bonds is 5. The van der Waals surface area contributed by atoms with Crippen molar-refractivity contribution in [1.29, 1.82) is 0 Å². The van der Waals surface area contributed by atoms with E-state index in [4.69, 9.17) is 0 Å². The van der Waals surface area contributed by atoms with E-state index in [-0.39, 0.29) is 0 Å². The Morgan fingerprint density at radius 1 is 1.36 bits per heavy atom. The molecule has 0 spiro atoms. The fourth-order valence-electron chi connectivity index (χ4n) is 0.999. The lowest BCUT2D eigenvalue weighted by Crippen LogP contribution is -1.94. The fraction of sp³-hybridized carbons (Fsp3) is 0.417. The Morgan fingerprint density at radius 2 is 2.00 bits per heavy atom. The van der Waals surface area contributed by atoms with E-state index in [1.165, 1.54) is 11.3 Å². The molecule has 1 rings (SSSR count). The molecule has 0 heterocycles. The Morgan fingerprint density at radius 3 is 2.50 bits per heavy atom. The second-order valence-electron chi connectivity index (χ2n) is 3.51. The summed E-state index contributed by atoms with van der Waals surface area (Å²) in [5, 5.41) is 0. The van der Waals surface area contributed by atoms with E-state index in [0.29, 0.717) is 0 Å². The Hall–Kier alpha value is -0.760. The van der Waals surface area contributed by atoms with Crippen LogP contribution in [-0.2, 0) is 0 Å². The van der Waals surface area contributed by atoms with Gasteiger partial charge in [0.1, 0.15) is 6.29 Å². The first-order chi connectivity index (χ1) is 6.76. The molecular formula is C12H16OS. The highest BCUT2D eigenvalue weighted by Gasteiger charge is 2.00. The monoisotopic (exact) mass is 208 g/mol. The van der Waals surface area contributed by atoms with Crippen molar-refractivity contribution in [3.8, 4) is 0 Å². The summed E-state index contributed by atoms with van der Waals surface area (Å²) in [6, 6.07) is 7.76. The minimum Gasteiger partial charge on any atom is -0.298 e. The van der Waals surface area contributed by atoms with Gasteiger partial charge in [-0.1, -0.05) is 32.4 Å². The summed E-state index contributed by atoms with van der Waals surface area (Å²) in [5.74, 6) is 1.91. The van der Waals surface area contributed by atoms with E-state index in [1.807, 2.05) is 36.0 Å². The van der Waals surface area contributed by atoms with Gasteiger partial charge in [-0.2, -0.15) is 0 Å². The zero-order chi connectivity index (χ0) is 10.4. The third kappa shape index (κ3) is 3.54. The molecule has 0 aliphatic carbocycles. The van der Waals surface area contributed by atoms with Crippen LogP contribution in [0.2, 0.25) is 0 Å². The summed E-state index contributed by atoms with van der Waals surface area (Å²) in [5.41, 5.74) is 0.748. The second-order valence-corrected chi connectivity index (χ2v) is 4.60. The first-order valence-electron chi connectivity index (χ1n) is 4.94. The molecule has 1 aromatic rings. The predicted molar refractivity (Wildman–Crippen MR) is 62.0 cm³/mol. The third-order valence-corrected chi connectivity index (χ3v) is 3.59. The van der Waals surface area contributed by atoms with Crippen LogP contribution in [-0.4, -0.2) is 12.0 Å². The standard InChI is InChI=1S/C12H16OS/c1-3-10(2)9-14-12-6-4-11(8-13)5-7-12/h4-8,10H,3,9H2,1-2H3. The number of aldehydes is 1. The first kappa shape index (κ1) is 11.3. The predicted octanol–water partition coefficient (Wildman–Crippen LogP) is 3.64. The van der Waals surface area contributed by atoms with E-state index in [0.717, 1.165) is 23.5 Å². The molecule has 1 atom stereocenters. The van der Waals surface area contributed by atoms with Gasteiger partial charge < -0.3 is 0 Å². The normalized spacial score (nSPS) is 12.4. The maximum Gasteiger partial charge on any atom is 0.150 e. The van der Waals surface area contributed by atoms with E-state index < -0.39 is 0 Å². The van der Waals surface area contributed by atoms with Crippen molar-refractivity contribution in [2.45, 2.75) is 25.2 Å². The third-order valence-electron chi connectivity index (χ3n) is 2.25. The zero-order valence-electron chi connectivity index (χ0n) is 8.69. The Balaban J connectivity index is 2.47. The molecule has 2 heteroatoms. The van der Waals surface area contributed by atoms with E-state index in [9.17, 15) is 4.79 Å². The van der Waals surface area contributed by atoms with Crippen molar-refractivity contribution < 1.29 is 4.79 Å². The van der Waals surface area contributed by atoms with Crippen molar-refractivity contribution in [3.63, 3.8) is 0 Å². The molecule has 0 radical (unpaired) electrons. The number of carbonyl (C=O) groups excluding carboxylic acids is 1. The van der Waals surface area contributed by atoms with Gasteiger partial charge in [0.05, 0.1) is 0 Å².